The molecule has 2 heterocycles. The molecule has 0 unspecified atom stereocenters. The lowest BCUT2D eigenvalue weighted by molar-refractivity contribution is 1.09. The molecule has 5 nitrogen and oxygen atoms in total. The zero-order valence-corrected chi connectivity index (χ0v) is 5.14. The van der Waals surface area contributed by atoms with Crippen molar-refractivity contribution in [2.75, 3.05) is 17.3 Å². The van der Waals surface area contributed by atoms with Crippen LogP contribution in [-0.4, -0.2) is 16.6 Å². The van der Waals surface area contributed by atoms with E-state index in [9.17, 15) is 4.79 Å². The summed E-state index contributed by atoms with van der Waals surface area (Å²) in [4.78, 5) is 16.7. The molecule has 0 radical (unpaired) electrons. The maximum atomic E-state index is 10.6. The molecular formula is C5H6N4O. The fourth-order valence-electron chi connectivity index (χ4n) is 0.896. The zero-order chi connectivity index (χ0) is 6.97. The van der Waals surface area contributed by atoms with Gasteiger partial charge < -0.3 is 10.6 Å². The van der Waals surface area contributed by atoms with Crippen LogP contribution in [0.1, 0.15) is 0 Å². The van der Waals surface area contributed by atoms with Crippen LogP contribution in [0.4, 0.5) is 11.5 Å². The minimum Gasteiger partial charge on any atom is -0.364 e. The van der Waals surface area contributed by atoms with Gasteiger partial charge in [-0.25, -0.2) is 4.79 Å². The predicted octanol–water partition coefficient (Wildman–Crippen LogP) is -0.435. The fourth-order valence-corrected chi connectivity index (χ4v) is 0.896. The molecule has 10 heavy (non-hydrogen) atoms. The third-order valence-electron chi connectivity index (χ3n) is 1.36. The number of hydrogen-bond donors (Lipinski definition) is 3. The van der Waals surface area contributed by atoms with Crippen molar-refractivity contribution in [1.82, 2.24) is 9.97 Å². The third-order valence-corrected chi connectivity index (χ3v) is 1.36. The molecule has 0 amide bonds. The van der Waals surface area contributed by atoms with E-state index in [2.05, 4.69) is 20.6 Å². The van der Waals surface area contributed by atoms with E-state index in [1.807, 2.05) is 0 Å². The number of hydrogen-bond acceptors (Lipinski definition) is 4. The van der Waals surface area contributed by atoms with E-state index in [0.29, 0.717) is 6.67 Å². The minimum atomic E-state index is -0.324. The molecular weight excluding hydrogens is 132 g/mol. The van der Waals surface area contributed by atoms with E-state index in [4.69, 9.17) is 0 Å². The number of fused-ring (bicyclic) bond motifs is 1. The van der Waals surface area contributed by atoms with Crippen molar-refractivity contribution in [2.24, 2.45) is 0 Å². The molecule has 1 aromatic rings. The van der Waals surface area contributed by atoms with E-state index >= 15 is 0 Å². The Labute approximate surface area is 56.5 Å². The monoisotopic (exact) mass is 138 g/mol. The second-order valence-electron chi connectivity index (χ2n) is 2.01. The molecule has 1 aliphatic rings. The van der Waals surface area contributed by atoms with Gasteiger partial charge in [-0.15, -0.1) is 0 Å². The number of rotatable bonds is 0. The van der Waals surface area contributed by atoms with Gasteiger partial charge in [0, 0.05) is 0 Å². The van der Waals surface area contributed by atoms with Crippen molar-refractivity contribution in [3.05, 3.63) is 16.7 Å². The highest BCUT2D eigenvalue weighted by molar-refractivity contribution is 5.67. The summed E-state index contributed by atoms with van der Waals surface area (Å²) >= 11 is 0. The Morgan fingerprint density at radius 2 is 2.40 bits per heavy atom. The minimum absolute atomic E-state index is 0.324. The highest BCUT2D eigenvalue weighted by Crippen LogP contribution is 2.18. The molecule has 1 aliphatic heterocycles. The molecule has 0 aliphatic carbocycles. The molecule has 0 bridgehead atoms. The summed E-state index contributed by atoms with van der Waals surface area (Å²) in [7, 11) is 0. The second kappa shape index (κ2) is 1.73. The highest BCUT2D eigenvalue weighted by atomic mass is 16.1. The molecule has 2 rings (SSSR count). The lowest BCUT2D eigenvalue weighted by Crippen LogP contribution is -2.09. The normalized spacial score (nSPS) is 13.6. The Kier molecular flexibility index (Phi) is 0.913. The van der Waals surface area contributed by atoms with Crippen LogP contribution in [0, 0.1) is 0 Å². The number of nitrogens with one attached hydrogen (secondary N) is 3. The van der Waals surface area contributed by atoms with E-state index in [-0.39, 0.29) is 5.69 Å². The molecule has 3 N–H and O–H groups in total. The van der Waals surface area contributed by atoms with Gasteiger partial charge in [-0.3, -0.25) is 4.98 Å². The molecule has 0 fully saturated rings. The number of nitrogens with zero attached hydrogens (tertiary/aromatic N) is 1. The summed E-state index contributed by atoms with van der Waals surface area (Å²) in [5, 5.41) is 5.92. The standard InChI is InChI=1S/C5H6N4O/c10-5-6-1-3-4(9-5)8-2-7-3/h1,7H,2H2,(H2,6,8,9,10). The van der Waals surface area contributed by atoms with Crippen LogP contribution in [-0.2, 0) is 0 Å². The van der Waals surface area contributed by atoms with Crippen molar-refractivity contribution >= 4 is 11.5 Å². The van der Waals surface area contributed by atoms with E-state index in [0.717, 1.165) is 11.5 Å². The SMILES string of the molecule is O=c1ncc2c([nH]1)NCN2. The molecule has 0 saturated heterocycles. The summed E-state index contributed by atoms with van der Waals surface area (Å²) in [6, 6.07) is 0. The molecule has 52 valence electrons. The predicted molar refractivity (Wildman–Crippen MR) is 37.0 cm³/mol. The quantitative estimate of drug-likeness (QED) is 0.454. The Morgan fingerprint density at radius 3 is 3.30 bits per heavy atom. The topological polar surface area (TPSA) is 69.8 Å². The van der Waals surface area contributed by atoms with Gasteiger partial charge in [0.25, 0.3) is 0 Å². The Balaban J connectivity index is 2.63. The Bertz CT molecular complexity index is 305. The average Bonchev–Trinajstić information content (AvgIpc) is 2.33. The Hall–Kier alpha value is -1.52. The third kappa shape index (κ3) is 0.637. The van der Waals surface area contributed by atoms with Crippen molar-refractivity contribution in [3.8, 4) is 0 Å². The first-order valence-corrected chi connectivity index (χ1v) is 2.93. The van der Waals surface area contributed by atoms with E-state index in [1.54, 1.807) is 0 Å². The molecule has 0 aromatic carbocycles. The number of aromatic amines is 1. The number of anilines is 2. The smallest absolute Gasteiger partial charge is 0.346 e. The number of aromatic nitrogens is 2. The van der Waals surface area contributed by atoms with Crippen molar-refractivity contribution in [1.29, 1.82) is 0 Å². The van der Waals surface area contributed by atoms with Gasteiger partial charge in [-0.1, -0.05) is 0 Å². The fraction of sp³-hybridized carbons (Fsp3) is 0.200. The second-order valence-corrected chi connectivity index (χ2v) is 2.01. The van der Waals surface area contributed by atoms with E-state index < -0.39 is 0 Å². The van der Waals surface area contributed by atoms with E-state index in [1.165, 1.54) is 6.20 Å². The van der Waals surface area contributed by atoms with Gasteiger partial charge in [-0.2, -0.15) is 4.98 Å². The largest absolute Gasteiger partial charge is 0.364 e. The van der Waals surface area contributed by atoms with Crippen LogP contribution in [0.5, 0.6) is 0 Å². The van der Waals surface area contributed by atoms with Crippen molar-refractivity contribution in [2.45, 2.75) is 0 Å². The lowest BCUT2D eigenvalue weighted by Gasteiger charge is -1.92. The van der Waals surface area contributed by atoms with Gasteiger partial charge in [-0.05, 0) is 0 Å². The number of H-pyrrole nitrogens is 1. The van der Waals surface area contributed by atoms with Crippen LogP contribution in [0.2, 0.25) is 0 Å². The molecule has 1 aromatic heterocycles. The van der Waals surface area contributed by atoms with Crippen molar-refractivity contribution in [3.63, 3.8) is 0 Å². The first kappa shape index (κ1) is 5.28. The first-order chi connectivity index (χ1) is 4.86. The zero-order valence-electron chi connectivity index (χ0n) is 5.14. The van der Waals surface area contributed by atoms with Crippen LogP contribution in [0.3, 0.4) is 0 Å². The van der Waals surface area contributed by atoms with Crippen LogP contribution in [0.15, 0.2) is 11.0 Å². The Morgan fingerprint density at radius 1 is 1.50 bits per heavy atom. The molecule has 0 atom stereocenters. The average molecular weight is 138 g/mol. The van der Waals surface area contributed by atoms with Gasteiger partial charge >= 0.3 is 5.69 Å². The van der Waals surface area contributed by atoms with Crippen molar-refractivity contribution < 1.29 is 0 Å². The van der Waals surface area contributed by atoms with Gasteiger partial charge in [0.15, 0.2) is 0 Å². The van der Waals surface area contributed by atoms with Gasteiger partial charge in [0.2, 0.25) is 0 Å². The summed E-state index contributed by atoms with van der Waals surface area (Å²) in [5.74, 6) is 0.722. The lowest BCUT2D eigenvalue weighted by atomic mass is 10.5. The molecule has 0 spiro atoms. The maximum Gasteiger partial charge on any atom is 0.346 e. The van der Waals surface area contributed by atoms with Crippen LogP contribution in [0.25, 0.3) is 0 Å². The molecule has 5 heteroatoms. The van der Waals surface area contributed by atoms with Crippen LogP contribution >= 0.6 is 0 Å². The summed E-state index contributed by atoms with van der Waals surface area (Å²) in [6.45, 7) is 0.650. The summed E-state index contributed by atoms with van der Waals surface area (Å²) < 4.78 is 0. The highest BCUT2D eigenvalue weighted by Gasteiger charge is 2.08. The van der Waals surface area contributed by atoms with Gasteiger partial charge in [0.1, 0.15) is 5.82 Å². The molecule has 0 saturated carbocycles. The van der Waals surface area contributed by atoms with Crippen LogP contribution < -0.4 is 16.3 Å². The first-order valence-electron chi connectivity index (χ1n) is 2.93. The summed E-state index contributed by atoms with van der Waals surface area (Å²) in [5.41, 5.74) is 0.523. The van der Waals surface area contributed by atoms with Gasteiger partial charge in [0.05, 0.1) is 18.6 Å². The maximum absolute atomic E-state index is 10.6. The summed E-state index contributed by atoms with van der Waals surface area (Å²) in [6.07, 6.45) is 1.51.